The smallest absolute Gasteiger partial charge is 0.257 e. The van der Waals surface area contributed by atoms with Gasteiger partial charge in [-0.1, -0.05) is 42.5 Å². The Morgan fingerprint density at radius 2 is 1.50 bits per heavy atom. The number of piperazine rings is 1. The van der Waals surface area contributed by atoms with Gasteiger partial charge in [0.15, 0.2) is 5.82 Å². The van der Waals surface area contributed by atoms with Crippen molar-refractivity contribution in [1.82, 2.24) is 20.0 Å². The molecule has 2 heterocycles. The van der Waals surface area contributed by atoms with E-state index in [1.807, 2.05) is 54.3 Å². The Balaban J connectivity index is 1.25. The van der Waals surface area contributed by atoms with E-state index < -0.39 is 17.8 Å². The van der Waals surface area contributed by atoms with Crippen LogP contribution in [-0.2, 0) is 4.79 Å². The van der Waals surface area contributed by atoms with Crippen LogP contribution in [0.3, 0.4) is 0 Å². The number of halogens is 2. The van der Waals surface area contributed by atoms with Gasteiger partial charge in [-0.3, -0.25) is 9.59 Å². The molecule has 1 fully saturated rings. The van der Waals surface area contributed by atoms with E-state index in [9.17, 15) is 18.4 Å². The lowest BCUT2D eigenvalue weighted by Gasteiger charge is -2.37. The Bertz CT molecular complexity index is 1460. The second kappa shape index (κ2) is 12.0. The van der Waals surface area contributed by atoms with Crippen molar-refractivity contribution in [3.05, 3.63) is 114 Å². The van der Waals surface area contributed by atoms with Gasteiger partial charge in [0.1, 0.15) is 18.2 Å². The van der Waals surface area contributed by atoms with E-state index in [1.54, 1.807) is 23.1 Å². The number of hydrogen-bond donors (Lipinski definition) is 0. The first-order valence-electron chi connectivity index (χ1n) is 13.1. The molecule has 0 radical (unpaired) electrons. The first-order valence-corrected chi connectivity index (χ1v) is 13.1. The van der Waals surface area contributed by atoms with Crippen molar-refractivity contribution in [2.75, 3.05) is 37.6 Å². The summed E-state index contributed by atoms with van der Waals surface area (Å²) in [6.45, 7) is 3.66. The molecule has 9 heteroatoms. The van der Waals surface area contributed by atoms with E-state index >= 15 is 0 Å². The Hall–Kier alpha value is -4.66. The van der Waals surface area contributed by atoms with Crippen LogP contribution >= 0.6 is 0 Å². The third-order valence-corrected chi connectivity index (χ3v) is 7.17. The van der Waals surface area contributed by atoms with E-state index in [1.165, 1.54) is 35.2 Å². The number of anilines is 1. The number of aromatic nitrogens is 2. The van der Waals surface area contributed by atoms with Gasteiger partial charge in [-0.15, -0.1) is 10.2 Å². The summed E-state index contributed by atoms with van der Waals surface area (Å²) in [7, 11) is 0. The van der Waals surface area contributed by atoms with Crippen LogP contribution in [0.4, 0.5) is 14.6 Å². The third kappa shape index (κ3) is 5.98. The maximum absolute atomic E-state index is 14.5. The van der Waals surface area contributed by atoms with Gasteiger partial charge >= 0.3 is 0 Å². The number of benzene rings is 3. The minimum absolute atomic E-state index is 0.0643. The summed E-state index contributed by atoms with van der Waals surface area (Å²) >= 11 is 0. The highest BCUT2D eigenvalue weighted by molar-refractivity contribution is 5.97. The average molecular weight is 542 g/mol. The molecule has 1 aliphatic rings. The quantitative estimate of drug-likeness (QED) is 0.330. The molecule has 0 aliphatic carbocycles. The standard InChI is InChI=1S/C31H29F2N5O2/c1-22(23-7-3-2-4-8-23)38(31(40)26-9-5-6-10-27(26)33)21-30(39)37-19-17-36(18-20-37)29-16-15-28(34-35-29)24-11-13-25(32)14-12-24/h2-16,22H,17-21H2,1H3. The number of carbonyl (C=O) groups excluding carboxylic acids is 2. The highest BCUT2D eigenvalue weighted by Crippen LogP contribution is 2.24. The van der Waals surface area contributed by atoms with Crippen LogP contribution in [0.25, 0.3) is 11.3 Å². The van der Waals surface area contributed by atoms with Gasteiger partial charge in [0.25, 0.3) is 5.91 Å². The maximum atomic E-state index is 14.5. The van der Waals surface area contributed by atoms with E-state index in [4.69, 9.17) is 0 Å². The van der Waals surface area contributed by atoms with Crippen molar-refractivity contribution >= 4 is 17.6 Å². The van der Waals surface area contributed by atoms with E-state index in [2.05, 4.69) is 10.2 Å². The van der Waals surface area contributed by atoms with Crippen LogP contribution in [0.1, 0.15) is 28.9 Å². The van der Waals surface area contributed by atoms with Crippen LogP contribution in [0.5, 0.6) is 0 Å². The monoisotopic (exact) mass is 541 g/mol. The van der Waals surface area contributed by atoms with Crippen LogP contribution in [0, 0.1) is 11.6 Å². The molecule has 1 saturated heterocycles. The summed E-state index contributed by atoms with van der Waals surface area (Å²) in [4.78, 5) is 32.0. The molecule has 0 bridgehead atoms. The Labute approximate surface area is 231 Å². The van der Waals surface area contributed by atoms with Gasteiger partial charge in [0.2, 0.25) is 5.91 Å². The highest BCUT2D eigenvalue weighted by atomic mass is 19.1. The van der Waals surface area contributed by atoms with Crippen LogP contribution in [-0.4, -0.2) is 64.5 Å². The van der Waals surface area contributed by atoms with Gasteiger partial charge in [-0.05, 0) is 61.0 Å². The largest absolute Gasteiger partial charge is 0.352 e. The SMILES string of the molecule is CC(c1ccccc1)N(CC(=O)N1CCN(c2ccc(-c3ccc(F)cc3)nn2)CC1)C(=O)c1ccccc1F. The fraction of sp³-hybridized carbons (Fsp3) is 0.226. The fourth-order valence-electron chi connectivity index (χ4n) is 4.78. The van der Waals surface area contributed by atoms with Crippen LogP contribution in [0.15, 0.2) is 91.0 Å². The van der Waals surface area contributed by atoms with Crippen molar-refractivity contribution in [1.29, 1.82) is 0 Å². The number of amides is 2. The first-order chi connectivity index (χ1) is 19.4. The molecule has 40 heavy (non-hydrogen) atoms. The number of carbonyl (C=O) groups is 2. The Morgan fingerprint density at radius 1 is 0.825 bits per heavy atom. The number of hydrogen-bond acceptors (Lipinski definition) is 5. The van der Waals surface area contributed by atoms with Gasteiger partial charge < -0.3 is 14.7 Å². The van der Waals surface area contributed by atoms with Gasteiger partial charge in [-0.2, -0.15) is 0 Å². The lowest BCUT2D eigenvalue weighted by atomic mass is 10.0. The second-order valence-corrected chi connectivity index (χ2v) is 9.65. The average Bonchev–Trinajstić information content (AvgIpc) is 3.00. The van der Waals surface area contributed by atoms with Crippen LogP contribution < -0.4 is 4.90 Å². The molecule has 1 aliphatic heterocycles. The van der Waals surface area contributed by atoms with Gasteiger partial charge in [-0.25, -0.2) is 8.78 Å². The molecule has 2 amide bonds. The molecule has 0 saturated carbocycles. The first kappa shape index (κ1) is 26.9. The summed E-state index contributed by atoms with van der Waals surface area (Å²) in [5.41, 5.74) is 2.21. The summed E-state index contributed by atoms with van der Waals surface area (Å²) in [5.74, 6) is -0.977. The zero-order chi connectivity index (χ0) is 28.1. The zero-order valence-corrected chi connectivity index (χ0v) is 22.1. The van der Waals surface area contributed by atoms with E-state index in [0.717, 1.165) is 11.1 Å². The predicted octanol–water partition coefficient (Wildman–Crippen LogP) is 4.97. The summed E-state index contributed by atoms with van der Waals surface area (Å²) in [6.07, 6.45) is 0. The lowest BCUT2D eigenvalue weighted by molar-refractivity contribution is -0.132. The normalized spacial score (nSPS) is 14.1. The second-order valence-electron chi connectivity index (χ2n) is 9.65. The van der Waals surface area contributed by atoms with Crippen molar-refractivity contribution in [2.45, 2.75) is 13.0 Å². The van der Waals surface area contributed by atoms with Crippen molar-refractivity contribution in [2.24, 2.45) is 0 Å². The third-order valence-electron chi connectivity index (χ3n) is 7.17. The summed E-state index contributed by atoms with van der Waals surface area (Å²) < 4.78 is 27.7. The topological polar surface area (TPSA) is 69.6 Å². The fourth-order valence-corrected chi connectivity index (χ4v) is 4.78. The summed E-state index contributed by atoms with van der Waals surface area (Å²) in [5, 5.41) is 8.61. The maximum Gasteiger partial charge on any atom is 0.257 e. The molecule has 0 spiro atoms. The molecule has 1 aromatic heterocycles. The molecular weight excluding hydrogens is 512 g/mol. The minimum Gasteiger partial charge on any atom is -0.352 e. The summed E-state index contributed by atoms with van der Waals surface area (Å²) in [6, 6.07) is 24.5. The molecule has 3 aromatic carbocycles. The highest BCUT2D eigenvalue weighted by Gasteiger charge is 2.30. The van der Waals surface area contributed by atoms with Gasteiger partial charge in [0, 0.05) is 31.7 Å². The number of rotatable bonds is 7. The van der Waals surface area contributed by atoms with E-state index in [-0.39, 0.29) is 23.8 Å². The van der Waals surface area contributed by atoms with Gasteiger partial charge in [0.05, 0.1) is 17.3 Å². The molecule has 5 rings (SSSR count). The van der Waals surface area contributed by atoms with E-state index in [0.29, 0.717) is 37.7 Å². The van der Waals surface area contributed by atoms with Crippen molar-refractivity contribution in [3.8, 4) is 11.3 Å². The molecule has 204 valence electrons. The predicted molar refractivity (Wildman–Crippen MR) is 149 cm³/mol. The minimum atomic E-state index is -0.620. The zero-order valence-electron chi connectivity index (χ0n) is 22.1. The van der Waals surface area contributed by atoms with Crippen LogP contribution in [0.2, 0.25) is 0 Å². The molecular formula is C31H29F2N5O2. The Kier molecular flexibility index (Phi) is 8.10. The Morgan fingerprint density at radius 3 is 2.15 bits per heavy atom. The molecule has 4 aromatic rings. The molecule has 1 atom stereocenters. The molecule has 7 nitrogen and oxygen atoms in total. The van der Waals surface area contributed by atoms with Crippen molar-refractivity contribution < 1.29 is 18.4 Å². The lowest BCUT2D eigenvalue weighted by Crippen LogP contribution is -2.52. The molecule has 0 N–H and O–H groups in total. The van der Waals surface area contributed by atoms with Crippen molar-refractivity contribution in [3.63, 3.8) is 0 Å². The molecule has 1 unspecified atom stereocenters. The number of nitrogens with zero attached hydrogens (tertiary/aromatic N) is 5.